The third-order valence-corrected chi connectivity index (χ3v) is 4.42. The van der Waals surface area contributed by atoms with Crippen molar-refractivity contribution in [3.05, 3.63) is 18.0 Å². The molecule has 1 N–H and O–H groups in total. The van der Waals surface area contributed by atoms with Crippen molar-refractivity contribution in [3.8, 4) is 0 Å². The predicted molar refractivity (Wildman–Crippen MR) is 91.7 cm³/mol. The zero-order valence-electron chi connectivity index (χ0n) is 14.8. The first-order chi connectivity index (χ1) is 10.1. The molecule has 21 heavy (non-hydrogen) atoms. The molecule has 0 radical (unpaired) electrons. The zero-order valence-corrected chi connectivity index (χ0v) is 14.8. The van der Waals surface area contributed by atoms with Crippen LogP contribution in [0.15, 0.2) is 12.3 Å². The van der Waals surface area contributed by atoms with Gasteiger partial charge in [0.1, 0.15) is 0 Å². The van der Waals surface area contributed by atoms with Gasteiger partial charge < -0.3 is 5.32 Å². The Morgan fingerprint density at radius 2 is 1.90 bits per heavy atom. The number of aromatic nitrogens is 2. The van der Waals surface area contributed by atoms with Crippen molar-refractivity contribution in [1.82, 2.24) is 15.1 Å². The second kappa shape index (κ2) is 9.24. The first-order valence-corrected chi connectivity index (χ1v) is 8.83. The van der Waals surface area contributed by atoms with Crippen molar-refractivity contribution in [2.75, 3.05) is 13.1 Å². The minimum absolute atomic E-state index is 0.316. The van der Waals surface area contributed by atoms with Gasteiger partial charge >= 0.3 is 0 Å². The molecular weight excluding hydrogens is 258 g/mol. The lowest BCUT2D eigenvalue weighted by molar-refractivity contribution is 0.271. The third kappa shape index (κ3) is 5.82. The van der Waals surface area contributed by atoms with Crippen LogP contribution >= 0.6 is 0 Å². The number of hydrogen-bond acceptors (Lipinski definition) is 2. The molecule has 0 aliphatic carbocycles. The summed E-state index contributed by atoms with van der Waals surface area (Å²) >= 11 is 0. The van der Waals surface area contributed by atoms with Crippen LogP contribution in [0.3, 0.4) is 0 Å². The highest BCUT2D eigenvalue weighted by Gasteiger charge is 2.24. The summed E-state index contributed by atoms with van der Waals surface area (Å²) in [6.45, 7) is 13.6. The molecule has 0 bridgehead atoms. The molecule has 0 saturated heterocycles. The lowest BCUT2D eigenvalue weighted by atomic mass is 9.81. The maximum atomic E-state index is 4.84. The third-order valence-electron chi connectivity index (χ3n) is 4.42. The van der Waals surface area contributed by atoms with E-state index < -0.39 is 0 Å². The topological polar surface area (TPSA) is 29.9 Å². The van der Waals surface area contributed by atoms with Crippen molar-refractivity contribution in [3.63, 3.8) is 0 Å². The zero-order chi connectivity index (χ0) is 15.7. The molecule has 0 spiro atoms. The highest BCUT2D eigenvalue weighted by atomic mass is 15.3. The van der Waals surface area contributed by atoms with Gasteiger partial charge in [-0.2, -0.15) is 5.10 Å². The van der Waals surface area contributed by atoms with Crippen LogP contribution in [-0.2, 0) is 6.42 Å². The Bertz CT molecular complexity index is 382. The van der Waals surface area contributed by atoms with Gasteiger partial charge in [-0.1, -0.05) is 41.0 Å². The molecule has 0 amide bonds. The molecule has 1 rings (SSSR count). The monoisotopic (exact) mass is 293 g/mol. The van der Waals surface area contributed by atoms with Crippen LogP contribution in [0.2, 0.25) is 0 Å². The molecule has 0 aromatic carbocycles. The van der Waals surface area contributed by atoms with Gasteiger partial charge in [0.25, 0.3) is 0 Å². The SMILES string of the molecule is CCCNCC(C)(CCC)Cc1ccn(C(CC)CC)n1. The van der Waals surface area contributed by atoms with E-state index in [-0.39, 0.29) is 0 Å². The molecule has 1 aromatic heterocycles. The minimum atomic E-state index is 0.316. The molecule has 0 saturated carbocycles. The predicted octanol–water partition coefficient (Wildman–Crippen LogP) is 4.59. The minimum Gasteiger partial charge on any atom is -0.316 e. The molecule has 3 nitrogen and oxygen atoms in total. The average Bonchev–Trinajstić information content (AvgIpc) is 2.89. The Balaban J connectivity index is 2.70. The van der Waals surface area contributed by atoms with Crippen LogP contribution in [-0.4, -0.2) is 22.9 Å². The number of nitrogens with zero attached hydrogens (tertiary/aromatic N) is 2. The first kappa shape index (κ1) is 18.2. The van der Waals surface area contributed by atoms with Gasteiger partial charge in [-0.25, -0.2) is 0 Å². The summed E-state index contributed by atoms with van der Waals surface area (Å²) in [4.78, 5) is 0. The lowest BCUT2D eigenvalue weighted by Crippen LogP contribution is -2.34. The maximum Gasteiger partial charge on any atom is 0.0630 e. The molecule has 122 valence electrons. The summed E-state index contributed by atoms with van der Waals surface area (Å²) in [5.41, 5.74) is 1.56. The number of nitrogens with one attached hydrogen (secondary N) is 1. The standard InChI is InChI=1S/C18H35N3/c1-6-11-18(5,15-19-12-7-2)14-16-10-13-21(20-16)17(8-3)9-4/h10,13,17,19H,6-9,11-12,14-15H2,1-5H3. The fraction of sp³-hybridized carbons (Fsp3) is 0.833. The summed E-state index contributed by atoms with van der Waals surface area (Å²) in [6.07, 6.45) is 9.23. The fourth-order valence-corrected chi connectivity index (χ4v) is 3.18. The van der Waals surface area contributed by atoms with Crippen molar-refractivity contribution in [1.29, 1.82) is 0 Å². The second-order valence-corrected chi connectivity index (χ2v) is 6.67. The van der Waals surface area contributed by atoms with Gasteiger partial charge in [-0.15, -0.1) is 0 Å². The smallest absolute Gasteiger partial charge is 0.0630 e. The van der Waals surface area contributed by atoms with Gasteiger partial charge in [-0.05, 0) is 50.1 Å². The Morgan fingerprint density at radius 3 is 2.48 bits per heavy atom. The molecule has 1 aromatic rings. The largest absolute Gasteiger partial charge is 0.316 e. The van der Waals surface area contributed by atoms with E-state index in [2.05, 4.69) is 56.9 Å². The van der Waals surface area contributed by atoms with Crippen LogP contribution in [0.25, 0.3) is 0 Å². The first-order valence-electron chi connectivity index (χ1n) is 8.83. The van der Waals surface area contributed by atoms with Crippen molar-refractivity contribution in [2.45, 2.75) is 79.2 Å². The molecule has 1 heterocycles. The highest BCUT2D eigenvalue weighted by molar-refractivity contribution is 5.04. The molecular formula is C18H35N3. The van der Waals surface area contributed by atoms with Crippen LogP contribution < -0.4 is 5.32 Å². The Kier molecular flexibility index (Phi) is 8.02. The molecule has 0 aliphatic heterocycles. The van der Waals surface area contributed by atoms with Crippen molar-refractivity contribution >= 4 is 0 Å². The fourth-order valence-electron chi connectivity index (χ4n) is 3.18. The average molecular weight is 293 g/mol. The summed E-state index contributed by atoms with van der Waals surface area (Å²) < 4.78 is 2.17. The van der Waals surface area contributed by atoms with E-state index in [1.165, 1.54) is 25.0 Å². The van der Waals surface area contributed by atoms with E-state index in [9.17, 15) is 0 Å². The van der Waals surface area contributed by atoms with E-state index in [1.54, 1.807) is 0 Å². The molecule has 0 fully saturated rings. The lowest BCUT2D eigenvalue weighted by Gasteiger charge is -2.29. The highest BCUT2D eigenvalue weighted by Crippen LogP contribution is 2.27. The van der Waals surface area contributed by atoms with Crippen molar-refractivity contribution in [2.24, 2.45) is 5.41 Å². The second-order valence-electron chi connectivity index (χ2n) is 6.67. The Labute approximate surface area is 131 Å². The summed E-state index contributed by atoms with van der Waals surface area (Å²) in [7, 11) is 0. The summed E-state index contributed by atoms with van der Waals surface area (Å²) in [6, 6.07) is 2.76. The van der Waals surface area contributed by atoms with E-state index >= 15 is 0 Å². The normalized spacial score (nSPS) is 14.6. The summed E-state index contributed by atoms with van der Waals surface area (Å²) in [5.74, 6) is 0. The van der Waals surface area contributed by atoms with Crippen LogP contribution in [0.4, 0.5) is 0 Å². The van der Waals surface area contributed by atoms with E-state index in [4.69, 9.17) is 5.10 Å². The molecule has 1 unspecified atom stereocenters. The Morgan fingerprint density at radius 1 is 1.19 bits per heavy atom. The molecule has 1 atom stereocenters. The van der Waals surface area contributed by atoms with E-state index in [0.29, 0.717) is 11.5 Å². The molecule has 3 heteroatoms. The van der Waals surface area contributed by atoms with Crippen molar-refractivity contribution < 1.29 is 0 Å². The van der Waals surface area contributed by atoms with Gasteiger partial charge in [0.15, 0.2) is 0 Å². The van der Waals surface area contributed by atoms with E-state index in [0.717, 1.165) is 32.4 Å². The van der Waals surface area contributed by atoms with Crippen LogP contribution in [0.1, 0.15) is 78.5 Å². The van der Waals surface area contributed by atoms with Crippen LogP contribution in [0, 0.1) is 5.41 Å². The van der Waals surface area contributed by atoms with Gasteiger partial charge in [0, 0.05) is 12.7 Å². The van der Waals surface area contributed by atoms with Gasteiger partial charge in [-0.3, -0.25) is 4.68 Å². The van der Waals surface area contributed by atoms with Crippen LogP contribution in [0.5, 0.6) is 0 Å². The Hall–Kier alpha value is -0.830. The van der Waals surface area contributed by atoms with Gasteiger partial charge in [0.2, 0.25) is 0 Å². The quantitative estimate of drug-likeness (QED) is 0.605. The van der Waals surface area contributed by atoms with E-state index in [1.807, 2.05) is 0 Å². The number of hydrogen-bond donors (Lipinski definition) is 1. The van der Waals surface area contributed by atoms with Gasteiger partial charge in [0.05, 0.1) is 11.7 Å². The maximum absolute atomic E-state index is 4.84. The number of rotatable bonds is 11. The molecule has 0 aliphatic rings. The summed E-state index contributed by atoms with van der Waals surface area (Å²) in [5, 5.41) is 8.43.